The van der Waals surface area contributed by atoms with Crippen molar-refractivity contribution in [2.24, 2.45) is 0 Å². The number of H-pyrrole nitrogens is 1. The van der Waals surface area contributed by atoms with Gasteiger partial charge in [-0.1, -0.05) is 24.8 Å². The minimum Gasteiger partial charge on any atom is -0.398 e. The number of anilines is 1. The molecule has 0 aliphatic carbocycles. The number of hydrogen-bond acceptors (Lipinski definition) is 4. The maximum Gasteiger partial charge on any atom is 0.343 e. The van der Waals surface area contributed by atoms with Crippen LogP contribution in [0.2, 0.25) is 0 Å². The fourth-order valence-electron chi connectivity index (χ4n) is 1.67. The van der Waals surface area contributed by atoms with E-state index in [1.807, 2.05) is 6.92 Å². The number of rotatable bonds is 5. The molecule has 0 amide bonds. The van der Waals surface area contributed by atoms with Gasteiger partial charge < -0.3 is 5.73 Å². The van der Waals surface area contributed by atoms with E-state index in [0.29, 0.717) is 23.1 Å². The van der Waals surface area contributed by atoms with Crippen LogP contribution in [0.1, 0.15) is 18.9 Å². The molecule has 1 aromatic carbocycles. The molecule has 2 rings (SSSR count). The van der Waals surface area contributed by atoms with Crippen LogP contribution in [0.5, 0.6) is 0 Å². The van der Waals surface area contributed by atoms with Crippen LogP contribution in [0.15, 0.2) is 28.2 Å². The van der Waals surface area contributed by atoms with Crippen molar-refractivity contribution in [1.82, 2.24) is 14.8 Å². The average Bonchev–Trinajstić information content (AvgIpc) is 2.71. The highest BCUT2D eigenvalue weighted by atomic mass is 32.2. The van der Waals surface area contributed by atoms with Crippen LogP contribution in [0.25, 0.3) is 0 Å². The smallest absolute Gasteiger partial charge is 0.343 e. The standard InChI is InChI=1S/C12H15FN4OS/c1-2-5-17-11(18)15-16-12(17)19-7-8-3-4-9(13)6-10(8)14/h3-4,6H,2,5,7,14H2,1H3,(H,15,18). The zero-order chi connectivity index (χ0) is 13.8. The third-order valence-electron chi connectivity index (χ3n) is 2.64. The van der Waals surface area contributed by atoms with E-state index < -0.39 is 0 Å². The Morgan fingerprint density at radius 3 is 3.00 bits per heavy atom. The first-order valence-electron chi connectivity index (χ1n) is 5.93. The van der Waals surface area contributed by atoms with E-state index in [2.05, 4.69) is 10.2 Å². The molecule has 0 bridgehead atoms. The van der Waals surface area contributed by atoms with Crippen LogP contribution in [0.4, 0.5) is 10.1 Å². The van der Waals surface area contributed by atoms with Crippen molar-refractivity contribution in [1.29, 1.82) is 0 Å². The first-order valence-corrected chi connectivity index (χ1v) is 6.92. The number of aromatic nitrogens is 3. The summed E-state index contributed by atoms with van der Waals surface area (Å²) < 4.78 is 14.5. The van der Waals surface area contributed by atoms with Crippen molar-refractivity contribution >= 4 is 17.4 Å². The average molecular weight is 282 g/mol. The van der Waals surface area contributed by atoms with Gasteiger partial charge in [0.05, 0.1) is 0 Å². The van der Waals surface area contributed by atoms with Gasteiger partial charge in [-0.25, -0.2) is 14.3 Å². The molecule has 0 aliphatic heterocycles. The predicted molar refractivity (Wildman–Crippen MR) is 73.5 cm³/mol. The number of aromatic amines is 1. The quantitative estimate of drug-likeness (QED) is 0.649. The first kappa shape index (κ1) is 13.7. The van der Waals surface area contributed by atoms with Crippen molar-refractivity contribution in [2.45, 2.75) is 30.8 Å². The highest BCUT2D eigenvalue weighted by Crippen LogP contribution is 2.23. The van der Waals surface area contributed by atoms with Crippen molar-refractivity contribution in [3.05, 3.63) is 40.1 Å². The molecule has 102 valence electrons. The SMILES string of the molecule is CCCn1c(SCc2ccc(F)cc2N)n[nH]c1=O. The molecule has 0 saturated heterocycles. The second kappa shape index (κ2) is 5.92. The molecule has 0 saturated carbocycles. The largest absolute Gasteiger partial charge is 0.398 e. The summed E-state index contributed by atoms with van der Waals surface area (Å²) in [5, 5.41) is 7.02. The van der Waals surface area contributed by atoms with E-state index in [4.69, 9.17) is 5.73 Å². The molecule has 0 aliphatic rings. The number of nitrogens with one attached hydrogen (secondary N) is 1. The Hall–Kier alpha value is -1.76. The molecule has 1 heterocycles. The van der Waals surface area contributed by atoms with Crippen LogP contribution in [-0.2, 0) is 12.3 Å². The molecule has 5 nitrogen and oxygen atoms in total. The molecular formula is C12H15FN4OS. The molecular weight excluding hydrogens is 267 g/mol. The van der Waals surface area contributed by atoms with Crippen LogP contribution in [0, 0.1) is 5.82 Å². The number of nitrogen functional groups attached to an aromatic ring is 1. The lowest BCUT2D eigenvalue weighted by molar-refractivity contribution is 0.604. The second-order valence-corrected chi connectivity index (χ2v) is 5.04. The lowest BCUT2D eigenvalue weighted by atomic mass is 10.2. The van der Waals surface area contributed by atoms with Crippen LogP contribution < -0.4 is 11.4 Å². The maximum atomic E-state index is 12.9. The maximum absolute atomic E-state index is 12.9. The summed E-state index contributed by atoms with van der Waals surface area (Å²) in [5.74, 6) is 0.189. The lowest BCUT2D eigenvalue weighted by Crippen LogP contribution is -2.17. The fraction of sp³-hybridized carbons (Fsp3) is 0.333. The Morgan fingerprint density at radius 1 is 1.53 bits per heavy atom. The Bertz CT molecular complexity index is 622. The summed E-state index contributed by atoms with van der Waals surface area (Å²) >= 11 is 1.40. The molecule has 7 heteroatoms. The fourth-order valence-corrected chi connectivity index (χ4v) is 2.66. The molecule has 0 spiro atoms. The Morgan fingerprint density at radius 2 is 2.32 bits per heavy atom. The van der Waals surface area contributed by atoms with Gasteiger partial charge in [-0.15, -0.1) is 5.10 Å². The Labute approximate surface area is 114 Å². The summed E-state index contributed by atoms with van der Waals surface area (Å²) in [6, 6.07) is 4.31. The third kappa shape index (κ3) is 3.17. The minimum absolute atomic E-state index is 0.212. The molecule has 19 heavy (non-hydrogen) atoms. The van der Waals surface area contributed by atoms with Gasteiger partial charge in [0, 0.05) is 18.0 Å². The highest BCUT2D eigenvalue weighted by Gasteiger charge is 2.09. The summed E-state index contributed by atoms with van der Waals surface area (Å²) in [7, 11) is 0. The zero-order valence-electron chi connectivity index (χ0n) is 10.5. The van der Waals surface area contributed by atoms with Gasteiger partial charge >= 0.3 is 5.69 Å². The van der Waals surface area contributed by atoms with Gasteiger partial charge in [0.2, 0.25) is 0 Å². The molecule has 0 unspecified atom stereocenters. The molecule has 2 aromatic rings. The third-order valence-corrected chi connectivity index (χ3v) is 3.66. The van der Waals surface area contributed by atoms with E-state index in [9.17, 15) is 9.18 Å². The number of nitrogens with two attached hydrogens (primary N) is 1. The van der Waals surface area contributed by atoms with Crippen molar-refractivity contribution in [2.75, 3.05) is 5.73 Å². The number of thioether (sulfide) groups is 1. The van der Waals surface area contributed by atoms with Gasteiger partial charge in [-0.05, 0) is 24.1 Å². The van der Waals surface area contributed by atoms with Crippen molar-refractivity contribution < 1.29 is 4.39 Å². The molecule has 0 radical (unpaired) electrons. The molecule has 3 N–H and O–H groups in total. The number of halogens is 1. The van der Waals surface area contributed by atoms with E-state index >= 15 is 0 Å². The second-order valence-electron chi connectivity index (χ2n) is 4.09. The normalized spacial score (nSPS) is 10.8. The molecule has 0 atom stereocenters. The summed E-state index contributed by atoms with van der Waals surface area (Å²) in [6.45, 7) is 2.61. The van der Waals surface area contributed by atoms with Gasteiger partial charge in [0.25, 0.3) is 0 Å². The van der Waals surface area contributed by atoms with Crippen LogP contribution >= 0.6 is 11.8 Å². The van der Waals surface area contributed by atoms with Gasteiger partial charge in [-0.3, -0.25) is 4.57 Å². The van der Waals surface area contributed by atoms with Crippen molar-refractivity contribution in [3.63, 3.8) is 0 Å². The first-order chi connectivity index (χ1) is 9.11. The molecule has 0 fully saturated rings. The number of hydrogen-bond donors (Lipinski definition) is 2. The number of benzene rings is 1. The zero-order valence-corrected chi connectivity index (χ0v) is 11.3. The van der Waals surface area contributed by atoms with E-state index in [1.165, 1.54) is 23.9 Å². The van der Waals surface area contributed by atoms with E-state index in [1.54, 1.807) is 10.6 Å². The van der Waals surface area contributed by atoms with Gasteiger partial charge in [0.1, 0.15) is 5.82 Å². The van der Waals surface area contributed by atoms with Gasteiger partial charge in [-0.2, -0.15) is 0 Å². The van der Waals surface area contributed by atoms with Crippen LogP contribution in [-0.4, -0.2) is 14.8 Å². The summed E-state index contributed by atoms with van der Waals surface area (Å²) in [5.41, 5.74) is 6.76. The van der Waals surface area contributed by atoms with E-state index in [0.717, 1.165) is 12.0 Å². The highest BCUT2D eigenvalue weighted by molar-refractivity contribution is 7.98. The van der Waals surface area contributed by atoms with Crippen molar-refractivity contribution in [3.8, 4) is 0 Å². The lowest BCUT2D eigenvalue weighted by Gasteiger charge is -2.06. The molecule has 1 aromatic heterocycles. The van der Waals surface area contributed by atoms with E-state index in [-0.39, 0.29) is 11.5 Å². The summed E-state index contributed by atoms with van der Waals surface area (Å²) in [6.07, 6.45) is 0.853. The minimum atomic E-state index is -0.353. The van der Waals surface area contributed by atoms with Crippen LogP contribution in [0.3, 0.4) is 0 Å². The summed E-state index contributed by atoms with van der Waals surface area (Å²) in [4.78, 5) is 11.5. The topological polar surface area (TPSA) is 76.7 Å². The number of nitrogens with zero attached hydrogens (tertiary/aromatic N) is 2. The monoisotopic (exact) mass is 282 g/mol. The Kier molecular flexibility index (Phi) is 4.26. The Balaban J connectivity index is 2.12. The predicted octanol–water partition coefficient (Wildman–Crippen LogP) is 1.99. The van der Waals surface area contributed by atoms with Gasteiger partial charge in [0.15, 0.2) is 5.16 Å².